The zero-order valence-corrected chi connectivity index (χ0v) is 8.33. The zero-order valence-electron chi connectivity index (χ0n) is 7.57. The summed E-state index contributed by atoms with van der Waals surface area (Å²) in [6.45, 7) is 1.64. The topological polar surface area (TPSA) is 49.8 Å². The number of carbonyl (C=O) groups is 1. The van der Waals surface area contributed by atoms with Crippen molar-refractivity contribution in [3.05, 3.63) is 11.6 Å². The summed E-state index contributed by atoms with van der Waals surface area (Å²) in [7, 11) is 1.58. The van der Waals surface area contributed by atoms with Crippen LogP contribution in [0.2, 0.25) is 0 Å². The fraction of sp³-hybridized carbons (Fsp3) is 0.625. The molecule has 0 aromatic rings. The molecule has 0 aromatic heterocycles. The minimum Gasteiger partial charge on any atom is -0.480 e. The Balaban J connectivity index is 3.79. The van der Waals surface area contributed by atoms with Gasteiger partial charge in [-0.2, -0.15) is 0 Å². The molecule has 0 bridgehead atoms. The van der Waals surface area contributed by atoms with Crippen molar-refractivity contribution in [3.8, 4) is 0 Å². The Morgan fingerprint density at radius 2 is 2.38 bits per heavy atom. The number of halogens is 1. The molecule has 13 heavy (non-hydrogen) atoms. The lowest BCUT2D eigenvalue weighted by molar-refractivity contribution is -0.138. The van der Waals surface area contributed by atoms with Crippen molar-refractivity contribution in [2.75, 3.05) is 33.4 Å². The smallest absolute Gasteiger partial charge is 0.317 e. The predicted octanol–water partition coefficient (Wildman–Crippen LogP) is 0.772. The highest BCUT2D eigenvalue weighted by Gasteiger charge is 2.06. The Labute approximate surface area is 82.7 Å². The molecule has 0 aromatic carbocycles. The van der Waals surface area contributed by atoms with Crippen molar-refractivity contribution in [1.82, 2.24) is 4.90 Å². The molecule has 4 nitrogen and oxygen atoms in total. The van der Waals surface area contributed by atoms with Gasteiger partial charge >= 0.3 is 5.97 Å². The van der Waals surface area contributed by atoms with Crippen molar-refractivity contribution < 1.29 is 14.6 Å². The van der Waals surface area contributed by atoms with E-state index >= 15 is 0 Å². The second kappa shape index (κ2) is 8.04. The molecule has 0 atom stereocenters. The maximum absolute atomic E-state index is 10.4. The maximum Gasteiger partial charge on any atom is 0.317 e. The molecule has 0 aliphatic heterocycles. The molecule has 0 spiro atoms. The van der Waals surface area contributed by atoms with Gasteiger partial charge in [0.1, 0.15) is 0 Å². The normalized spacial score (nSPS) is 11.3. The van der Waals surface area contributed by atoms with E-state index in [9.17, 15) is 4.79 Å². The van der Waals surface area contributed by atoms with E-state index in [4.69, 9.17) is 21.4 Å². The molecule has 5 heteroatoms. The molecular weight excluding hydrogens is 194 g/mol. The van der Waals surface area contributed by atoms with Crippen LogP contribution < -0.4 is 0 Å². The van der Waals surface area contributed by atoms with Crippen LogP contribution in [-0.4, -0.2) is 49.3 Å². The van der Waals surface area contributed by atoms with Crippen LogP contribution in [0.3, 0.4) is 0 Å². The number of hydrogen-bond donors (Lipinski definition) is 1. The third-order valence-corrected chi connectivity index (χ3v) is 1.60. The molecule has 0 saturated heterocycles. The number of nitrogens with zero attached hydrogens (tertiary/aromatic N) is 1. The summed E-state index contributed by atoms with van der Waals surface area (Å²) in [5.41, 5.74) is 1.38. The van der Waals surface area contributed by atoms with Crippen LogP contribution >= 0.6 is 11.6 Å². The molecule has 0 rings (SSSR count). The lowest BCUT2D eigenvalue weighted by atomic mass is 10.4. The molecule has 0 radical (unpaired) electrons. The first kappa shape index (κ1) is 12.4. The molecule has 0 heterocycles. The molecule has 0 fully saturated rings. The Morgan fingerprint density at radius 3 is 2.85 bits per heavy atom. The van der Waals surface area contributed by atoms with Gasteiger partial charge in [0.2, 0.25) is 0 Å². The van der Waals surface area contributed by atoms with Crippen LogP contribution in [0.5, 0.6) is 0 Å². The summed E-state index contributed by atoms with van der Waals surface area (Å²) in [5.74, 6) is -0.848. The van der Waals surface area contributed by atoms with Gasteiger partial charge in [-0.05, 0) is 0 Å². The van der Waals surface area contributed by atoms with Crippen molar-refractivity contribution in [1.29, 1.82) is 0 Å². The van der Waals surface area contributed by atoms with Crippen molar-refractivity contribution >= 4 is 17.6 Å². The Kier molecular flexibility index (Phi) is 7.68. The Morgan fingerprint density at radius 1 is 1.69 bits per heavy atom. The van der Waals surface area contributed by atoms with Crippen molar-refractivity contribution in [2.24, 2.45) is 0 Å². The highest BCUT2D eigenvalue weighted by Crippen LogP contribution is 1.90. The van der Waals surface area contributed by atoms with Crippen LogP contribution in [0.1, 0.15) is 0 Å². The average molecular weight is 208 g/mol. The van der Waals surface area contributed by atoms with Crippen LogP contribution in [0.4, 0.5) is 0 Å². The minimum absolute atomic E-state index is 0.00455. The van der Waals surface area contributed by atoms with Gasteiger partial charge in [0, 0.05) is 25.7 Å². The average Bonchev–Trinajstić information content (AvgIpc) is 2.09. The molecule has 1 N–H and O–H groups in total. The Bertz CT molecular complexity index is 173. The van der Waals surface area contributed by atoms with E-state index in [1.54, 1.807) is 18.1 Å². The first-order valence-electron chi connectivity index (χ1n) is 3.89. The summed E-state index contributed by atoms with van der Waals surface area (Å²) in [6, 6.07) is 0. The summed E-state index contributed by atoms with van der Waals surface area (Å²) in [4.78, 5) is 12.1. The van der Waals surface area contributed by atoms with Gasteiger partial charge in [-0.1, -0.05) is 17.7 Å². The number of hydrogen-bond acceptors (Lipinski definition) is 3. The maximum atomic E-state index is 10.4. The second-order valence-electron chi connectivity index (χ2n) is 2.48. The van der Waals surface area contributed by atoms with E-state index in [2.05, 4.69) is 0 Å². The first-order chi connectivity index (χ1) is 6.20. The first-order valence-corrected chi connectivity index (χ1v) is 4.32. The lowest BCUT2D eigenvalue weighted by Gasteiger charge is -2.17. The van der Waals surface area contributed by atoms with Gasteiger partial charge in [0.05, 0.1) is 13.2 Å². The van der Waals surface area contributed by atoms with Gasteiger partial charge < -0.3 is 9.84 Å². The van der Waals surface area contributed by atoms with E-state index in [1.165, 1.54) is 5.54 Å². The van der Waals surface area contributed by atoms with Crippen LogP contribution in [0.15, 0.2) is 11.6 Å². The van der Waals surface area contributed by atoms with Gasteiger partial charge in [-0.25, -0.2) is 0 Å². The van der Waals surface area contributed by atoms with E-state index in [1.807, 2.05) is 0 Å². The molecule has 0 unspecified atom stereocenters. The van der Waals surface area contributed by atoms with Crippen LogP contribution in [-0.2, 0) is 9.53 Å². The second-order valence-corrected chi connectivity index (χ2v) is 2.74. The Hall–Kier alpha value is -0.580. The third kappa shape index (κ3) is 7.77. The van der Waals surface area contributed by atoms with Crippen LogP contribution in [0, 0.1) is 0 Å². The summed E-state index contributed by atoms with van der Waals surface area (Å²) < 4.78 is 4.84. The predicted molar refractivity (Wildman–Crippen MR) is 50.9 cm³/mol. The van der Waals surface area contributed by atoms with Gasteiger partial charge in [-0.3, -0.25) is 9.69 Å². The van der Waals surface area contributed by atoms with Crippen molar-refractivity contribution in [2.45, 2.75) is 0 Å². The number of ether oxygens (including phenoxy) is 1. The van der Waals surface area contributed by atoms with Gasteiger partial charge in [-0.15, -0.1) is 0 Å². The monoisotopic (exact) mass is 207 g/mol. The molecule has 0 aliphatic rings. The van der Waals surface area contributed by atoms with E-state index in [-0.39, 0.29) is 6.54 Å². The number of carboxylic acids is 1. The number of rotatable bonds is 7. The number of aliphatic carboxylic acids is 1. The van der Waals surface area contributed by atoms with E-state index in [0.29, 0.717) is 19.7 Å². The summed E-state index contributed by atoms with van der Waals surface area (Å²) in [6.07, 6.45) is 1.69. The highest BCUT2D eigenvalue weighted by molar-refractivity contribution is 6.25. The van der Waals surface area contributed by atoms with E-state index in [0.717, 1.165) is 0 Å². The largest absolute Gasteiger partial charge is 0.480 e. The molecule has 0 aliphatic carbocycles. The summed E-state index contributed by atoms with van der Waals surface area (Å²) >= 11 is 5.33. The standard InChI is InChI=1S/C8H14ClNO3/c1-13-6-5-10(4-2-3-9)7-8(11)12/h2-3H,4-7H2,1H3,(H,11,12). The fourth-order valence-corrected chi connectivity index (χ4v) is 0.915. The quantitative estimate of drug-likeness (QED) is 0.670. The SMILES string of the molecule is COCCN(CC=CCl)CC(=O)O. The molecule has 0 saturated carbocycles. The fourth-order valence-electron chi connectivity index (χ4n) is 0.835. The number of methoxy groups -OCH3 is 1. The van der Waals surface area contributed by atoms with Crippen LogP contribution in [0.25, 0.3) is 0 Å². The molecule has 76 valence electrons. The third-order valence-electron chi connectivity index (χ3n) is 1.42. The van der Waals surface area contributed by atoms with Gasteiger partial charge in [0.25, 0.3) is 0 Å². The zero-order chi connectivity index (χ0) is 10.1. The molecule has 0 amide bonds. The van der Waals surface area contributed by atoms with Gasteiger partial charge in [0.15, 0.2) is 0 Å². The van der Waals surface area contributed by atoms with Crippen molar-refractivity contribution in [3.63, 3.8) is 0 Å². The number of carboxylic acid groups (broad SMARTS) is 1. The highest BCUT2D eigenvalue weighted by atomic mass is 35.5. The molecular formula is C8H14ClNO3. The lowest BCUT2D eigenvalue weighted by Crippen LogP contribution is -2.32. The van der Waals surface area contributed by atoms with E-state index < -0.39 is 5.97 Å². The minimum atomic E-state index is -0.848. The summed E-state index contributed by atoms with van der Waals surface area (Å²) in [5, 5.41) is 8.54.